The average molecular weight is 746 g/mol. The van der Waals surface area contributed by atoms with Crippen molar-refractivity contribution in [2.24, 2.45) is 0 Å². The summed E-state index contributed by atoms with van der Waals surface area (Å²) in [6.45, 7) is 0. The molecule has 13 heteroatoms. The van der Waals surface area contributed by atoms with E-state index in [9.17, 15) is 24.5 Å². The second-order valence-corrected chi connectivity index (χ2v) is 13.6. The normalized spacial score (nSPS) is 11.7. The molecule has 0 radical (unpaired) electrons. The van der Waals surface area contributed by atoms with Crippen LogP contribution in [-0.4, -0.2) is 27.6 Å². The highest BCUT2D eigenvalue weighted by atomic mass is 35.5. The van der Waals surface area contributed by atoms with E-state index in [2.05, 4.69) is 20.9 Å². The third-order valence-electron chi connectivity index (χ3n) is 7.53. The van der Waals surface area contributed by atoms with Gasteiger partial charge in [-0.15, -0.1) is 23.1 Å². The first-order valence-electron chi connectivity index (χ1n) is 15.7. The average Bonchev–Trinajstić information content (AvgIpc) is 3.64. The number of nitrogens with zero attached hydrogens (tertiary/aromatic N) is 2. The summed E-state index contributed by atoms with van der Waals surface area (Å²) in [5.41, 5.74) is 3.19. The number of nitro groups is 1. The fourth-order valence-corrected chi connectivity index (χ4v) is 6.89. The molecule has 258 valence electrons. The molecular formula is C39H28ClN5O5S2. The lowest BCUT2D eigenvalue weighted by Gasteiger charge is -2.17. The van der Waals surface area contributed by atoms with Gasteiger partial charge in [-0.2, -0.15) is 0 Å². The van der Waals surface area contributed by atoms with Gasteiger partial charge >= 0.3 is 0 Å². The van der Waals surface area contributed by atoms with Crippen LogP contribution in [-0.2, 0) is 9.59 Å². The van der Waals surface area contributed by atoms with Crippen LogP contribution in [0.5, 0.6) is 0 Å². The molecule has 10 nitrogen and oxygen atoms in total. The third-order valence-corrected chi connectivity index (χ3v) is 9.90. The van der Waals surface area contributed by atoms with Gasteiger partial charge in [0.05, 0.1) is 10.6 Å². The Morgan fingerprint density at radius 2 is 1.52 bits per heavy atom. The first-order chi connectivity index (χ1) is 25.2. The van der Waals surface area contributed by atoms with E-state index in [-0.39, 0.29) is 17.3 Å². The standard InChI is InChI=1S/C39H28ClN5O5S2/c40-32-17-8-7-14-27(32)23-33(42-36(46)26-12-5-2-6-13-26)37(47)41-29-18-20-31(21-19-29)52-35(25-10-3-1-4-11-25)38(48)44-39-43-34(24-51-39)28-15-9-16-30(22-28)45(49)50/h1-24,35H,(H,41,47)(H,42,46)(H,43,44,48)/b33-23-. The van der Waals surface area contributed by atoms with Crippen molar-refractivity contribution in [3.63, 3.8) is 0 Å². The second-order valence-electron chi connectivity index (χ2n) is 11.1. The smallest absolute Gasteiger partial charge is 0.272 e. The van der Waals surface area contributed by atoms with Crippen LogP contribution in [0.4, 0.5) is 16.5 Å². The Kier molecular flexibility index (Phi) is 11.5. The number of halogens is 1. The Bertz CT molecular complexity index is 2260. The van der Waals surface area contributed by atoms with E-state index >= 15 is 0 Å². The Morgan fingerprint density at radius 3 is 2.23 bits per heavy atom. The minimum Gasteiger partial charge on any atom is -0.321 e. The van der Waals surface area contributed by atoms with Gasteiger partial charge in [0.25, 0.3) is 17.5 Å². The molecule has 5 aromatic carbocycles. The van der Waals surface area contributed by atoms with Crippen LogP contribution in [0.1, 0.15) is 26.7 Å². The van der Waals surface area contributed by atoms with Crippen molar-refractivity contribution in [1.29, 1.82) is 0 Å². The van der Waals surface area contributed by atoms with Gasteiger partial charge in [0.1, 0.15) is 10.9 Å². The summed E-state index contributed by atoms with van der Waals surface area (Å²) in [4.78, 5) is 56.2. The molecule has 1 atom stereocenters. The highest BCUT2D eigenvalue weighted by Gasteiger charge is 2.24. The summed E-state index contributed by atoms with van der Waals surface area (Å²) in [6, 6.07) is 37.9. The topological polar surface area (TPSA) is 143 Å². The zero-order valence-electron chi connectivity index (χ0n) is 27.1. The van der Waals surface area contributed by atoms with Crippen LogP contribution in [0, 0.1) is 10.1 Å². The van der Waals surface area contributed by atoms with Crippen molar-refractivity contribution in [3.8, 4) is 11.3 Å². The van der Waals surface area contributed by atoms with Gasteiger partial charge in [-0.05, 0) is 59.7 Å². The van der Waals surface area contributed by atoms with Gasteiger partial charge < -0.3 is 16.0 Å². The van der Waals surface area contributed by atoms with Crippen molar-refractivity contribution in [1.82, 2.24) is 10.3 Å². The fraction of sp³-hybridized carbons (Fsp3) is 0.0256. The Labute approximate surface area is 311 Å². The van der Waals surface area contributed by atoms with Crippen LogP contribution in [0.2, 0.25) is 5.02 Å². The zero-order valence-corrected chi connectivity index (χ0v) is 29.5. The lowest BCUT2D eigenvalue weighted by atomic mass is 10.1. The number of carbonyl (C=O) groups is 3. The van der Waals surface area contributed by atoms with Crippen molar-refractivity contribution in [3.05, 3.63) is 176 Å². The monoisotopic (exact) mass is 745 g/mol. The van der Waals surface area contributed by atoms with Crippen LogP contribution >= 0.6 is 34.7 Å². The van der Waals surface area contributed by atoms with Gasteiger partial charge in [-0.3, -0.25) is 24.5 Å². The number of amides is 3. The molecule has 0 bridgehead atoms. The largest absolute Gasteiger partial charge is 0.321 e. The molecule has 6 rings (SSSR count). The number of benzene rings is 5. The second kappa shape index (κ2) is 16.8. The maximum atomic E-state index is 13.7. The summed E-state index contributed by atoms with van der Waals surface area (Å²) < 4.78 is 0. The van der Waals surface area contributed by atoms with Crippen LogP contribution in [0.25, 0.3) is 17.3 Å². The van der Waals surface area contributed by atoms with Gasteiger partial charge in [0.2, 0.25) is 5.91 Å². The number of carbonyl (C=O) groups excluding carboxylic acids is 3. The molecule has 1 unspecified atom stereocenters. The number of thioether (sulfide) groups is 1. The molecule has 6 aromatic rings. The number of hydrogen-bond acceptors (Lipinski definition) is 8. The summed E-state index contributed by atoms with van der Waals surface area (Å²) in [5, 5.41) is 21.5. The van der Waals surface area contributed by atoms with Gasteiger partial charge in [0, 0.05) is 44.2 Å². The number of nitrogens with one attached hydrogen (secondary N) is 3. The molecule has 1 heterocycles. The minimum atomic E-state index is -0.662. The van der Waals surface area contributed by atoms with E-state index in [0.29, 0.717) is 38.2 Å². The number of hydrogen-bond donors (Lipinski definition) is 3. The van der Waals surface area contributed by atoms with Crippen LogP contribution in [0.15, 0.2) is 149 Å². The predicted octanol–water partition coefficient (Wildman–Crippen LogP) is 9.25. The number of anilines is 2. The summed E-state index contributed by atoms with van der Waals surface area (Å²) in [5.74, 6) is -1.32. The molecule has 3 N–H and O–H groups in total. The van der Waals surface area contributed by atoms with E-state index in [0.717, 1.165) is 10.5 Å². The maximum Gasteiger partial charge on any atom is 0.272 e. The molecular weight excluding hydrogens is 718 g/mol. The molecule has 52 heavy (non-hydrogen) atoms. The van der Waals surface area contributed by atoms with E-state index in [1.54, 1.807) is 96.4 Å². The SMILES string of the molecule is O=C(Nc1ccc(SC(C(=O)Nc2nc(-c3cccc([N+](=O)[O-])c3)cs2)c2ccccc2)cc1)/C(=C/c1ccccc1Cl)NC(=O)c1ccccc1. The predicted molar refractivity (Wildman–Crippen MR) is 206 cm³/mol. The Hall–Kier alpha value is -6.08. The quantitative estimate of drug-likeness (QED) is 0.0490. The highest BCUT2D eigenvalue weighted by Crippen LogP contribution is 2.37. The first kappa shape index (κ1) is 35.7. The number of nitro benzene ring substituents is 1. The number of non-ortho nitro benzene ring substituents is 1. The van der Waals surface area contributed by atoms with Crippen molar-refractivity contribution in [2.45, 2.75) is 10.1 Å². The Morgan fingerprint density at radius 1 is 0.827 bits per heavy atom. The fourth-order valence-electron chi connectivity index (χ4n) is 4.96. The van der Waals surface area contributed by atoms with Crippen LogP contribution < -0.4 is 16.0 Å². The molecule has 1 aromatic heterocycles. The molecule has 0 aliphatic carbocycles. The maximum absolute atomic E-state index is 13.7. The number of rotatable bonds is 12. The highest BCUT2D eigenvalue weighted by molar-refractivity contribution is 8.00. The molecule has 0 aliphatic heterocycles. The number of thiazole rings is 1. The summed E-state index contributed by atoms with van der Waals surface area (Å²) >= 11 is 8.89. The van der Waals surface area contributed by atoms with Gasteiger partial charge in [0.15, 0.2) is 5.13 Å². The summed E-state index contributed by atoms with van der Waals surface area (Å²) in [6.07, 6.45) is 1.51. The molecule has 0 aliphatic rings. The molecule has 0 saturated carbocycles. The molecule has 0 fully saturated rings. The minimum absolute atomic E-state index is 0.00273. The van der Waals surface area contributed by atoms with E-state index in [4.69, 9.17) is 11.6 Å². The first-order valence-corrected chi connectivity index (χ1v) is 17.8. The molecule has 0 spiro atoms. The summed E-state index contributed by atoms with van der Waals surface area (Å²) in [7, 11) is 0. The molecule has 3 amide bonds. The van der Waals surface area contributed by atoms with Crippen molar-refractivity contribution >= 4 is 75.0 Å². The third kappa shape index (κ3) is 9.17. The molecule has 0 saturated heterocycles. The van der Waals surface area contributed by atoms with Gasteiger partial charge in [-0.1, -0.05) is 90.5 Å². The Balaban J connectivity index is 1.17. The van der Waals surface area contributed by atoms with E-state index in [1.807, 2.05) is 30.3 Å². The number of aromatic nitrogens is 1. The lowest BCUT2D eigenvalue weighted by Crippen LogP contribution is -2.30. The lowest BCUT2D eigenvalue weighted by molar-refractivity contribution is -0.384. The van der Waals surface area contributed by atoms with Crippen LogP contribution in [0.3, 0.4) is 0 Å². The zero-order chi connectivity index (χ0) is 36.5. The van der Waals surface area contributed by atoms with Crippen molar-refractivity contribution < 1.29 is 19.3 Å². The van der Waals surface area contributed by atoms with E-state index < -0.39 is 22.0 Å². The van der Waals surface area contributed by atoms with Gasteiger partial charge in [-0.25, -0.2) is 4.98 Å². The van der Waals surface area contributed by atoms with E-state index in [1.165, 1.54) is 41.3 Å². The van der Waals surface area contributed by atoms with Crippen molar-refractivity contribution in [2.75, 3.05) is 10.6 Å².